The Morgan fingerprint density at radius 3 is 2.48 bits per heavy atom. The van der Waals surface area contributed by atoms with Crippen LogP contribution in [0.5, 0.6) is 11.5 Å². The summed E-state index contributed by atoms with van der Waals surface area (Å²) in [5.41, 5.74) is 2.11. The number of ether oxygens (including phenoxy) is 2. The molecule has 0 radical (unpaired) electrons. The van der Waals surface area contributed by atoms with Crippen LogP contribution in [0.15, 0.2) is 36.4 Å². The third kappa shape index (κ3) is 2.02. The second kappa shape index (κ2) is 4.93. The van der Waals surface area contributed by atoms with E-state index >= 15 is 0 Å². The van der Waals surface area contributed by atoms with Crippen LogP contribution in [0.4, 0.5) is 0 Å². The molecule has 0 spiro atoms. The smallest absolute Gasteiger partial charge is 0.218 e. The number of ketones is 1. The predicted octanol–water partition coefficient (Wildman–Crippen LogP) is 2.80. The fourth-order valence-corrected chi connectivity index (χ4v) is 2.42. The van der Waals surface area contributed by atoms with Gasteiger partial charge in [0.2, 0.25) is 5.76 Å². The van der Waals surface area contributed by atoms with Gasteiger partial charge in [0.1, 0.15) is 0 Å². The van der Waals surface area contributed by atoms with Crippen molar-refractivity contribution in [3.05, 3.63) is 58.7 Å². The highest BCUT2D eigenvalue weighted by Crippen LogP contribution is 2.39. The Hall–Kier alpha value is -2.84. The zero-order chi connectivity index (χ0) is 15.0. The topological polar surface area (TPSA) is 52.6 Å². The first-order chi connectivity index (χ1) is 10.2. The summed E-state index contributed by atoms with van der Waals surface area (Å²) in [6, 6.07) is 10.3. The number of aryl methyl sites for hydroxylation is 1. The zero-order valence-corrected chi connectivity index (χ0v) is 11.6. The first-order valence-electron chi connectivity index (χ1n) is 6.41. The summed E-state index contributed by atoms with van der Waals surface area (Å²) >= 11 is 0. The van der Waals surface area contributed by atoms with Crippen molar-refractivity contribution in [1.82, 2.24) is 0 Å². The monoisotopic (exact) mass is 280 g/mol. The Bertz CT molecular complexity index is 798. The molecule has 1 aliphatic rings. The first-order valence-corrected chi connectivity index (χ1v) is 6.41. The minimum Gasteiger partial charge on any atom is -0.493 e. The molecule has 104 valence electrons. The van der Waals surface area contributed by atoms with Gasteiger partial charge < -0.3 is 9.47 Å². The Kier molecular flexibility index (Phi) is 3.09. The van der Waals surface area contributed by atoms with Crippen LogP contribution in [-0.2, 0) is 4.79 Å². The molecule has 0 atom stereocenters. The van der Waals surface area contributed by atoms with E-state index in [9.17, 15) is 9.59 Å². The number of hydrogen-bond donors (Lipinski definition) is 0. The quantitative estimate of drug-likeness (QED) is 0.754. The lowest BCUT2D eigenvalue weighted by Gasteiger charge is -2.12. The highest BCUT2D eigenvalue weighted by Gasteiger charge is 2.28. The zero-order valence-electron chi connectivity index (χ0n) is 11.6. The lowest BCUT2D eigenvalue weighted by atomic mass is 9.97. The van der Waals surface area contributed by atoms with Gasteiger partial charge in [-0.3, -0.25) is 4.79 Å². The van der Waals surface area contributed by atoms with Gasteiger partial charge in [-0.05, 0) is 30.7 Å². The van der Waals surface area contributed by atoms with E-state index in [1.807, 2.05) is 6.92 Å². The maximum Gasteiger partial charge on any atom is 0.218 e. The summed E-state index contributed by atoms with van der Waals surface area (Å²) in [7, 11) is 1.49. The predicted molar refractivity (Wildman–Crippen MR) is 77.3 cm³/mol. The molecule has 4 heteroatoms. The Balaban J connectivity index is 2.36. The average molecular weight is 280 g/mol. The van der Waals surface area contributed by atoms with Gasteiger partial charge in [-0.2, -0.15) is 0 Å². The Morgan fingerprint density at radius 2 is 1.81 bits per heavy atom. The highest BCUT2D eigenvalue weighted by molar-refractivity contribution is 6.15. The molecule has 0 amide bonds. The molecule has 0 fully saturated rings. The van der Waals surface area contributed by atoms with E-state index in [-0.39, 0.29) is 17.3 Å². The van der Waals surface area contributed by atoms with E-state index in [1.165, 1.54) is 7.11 Å². The molecule has 1 aliphatic heterocycles. The van der Waals surface area contributed by atoms with Gasteiger partial charge in [-0.25, -0.2) is 4.79 Å². The molecule has 3 rings (SSSR count). The Labute approximate surface area is 121 Å². The second-order valence-corrected chi connectivity index (χ2v) is 4.75. The third-order valence-electron chi connectivity index (χ3n) is 3.38. The van der Waals surface area contributed by atoms with Gasteiger partial charge in [0.15, 0.2) is 23.2 Å². The molecule has 0 saturated carbocycles. The standard InChI is InChI=1S/C17H12O4/c1-10-7-13-16(19)12-6-4-3-5-11(12)15(9-18)21-17(13)14(8-10)20-2/h3-8H,1-2H3. The van der Waals surface area contributed by atoms with E-state index in [0.717, 1.165) is 5.56 Å². The van der Waals surface area contributed by atoms with Crippen molar-refractivity contribution in [1.29, 1.82) is 0 Å². The third-order valence-corrected chi connectivity index (χ3v) is 3.38. The van der Waals surface area contributed by atoms with Crippen LogP contribution >= 0.6 is 0 Å². The second-order valence-electron chi connectivity index (χ2n) is 4.75. The molecular weight excluding hydrogens is 268 g/mol. The highest BCUT2D eigenvalue weighted by atomic mass is 16.5. The van der Waals surface area contributed by atoms with Gasteiger partial charge >= 0.3 is 0 Å². The van der Waals surface area contributed by atoms with E-state index in [1.54, 1.807) is 42.3 Å². The fraction of sp³-hybridized carbons (Fsp3) is 0.118. The van der Waals surface area contributed by atoms with Gasteiger partial charge in [-0.15, -0.1) is 0 Å². The first kappa shape index (κ1) is 13.2. The van der Waals surface area contributed by atoms with Crippen molar-refractivity contribution >= 4 is 17.5 Å². The van der Waals surface area contributed by atoms with Gasteiger partial charge in [0, 0.05) is 11.1 Å². The summed E-state index contributed by atoms with van der Waals surface area (Å²) < 4.78 is 10.9. The number of carbonyl (C=O) groups excluding carboxylic acids is 2. The summed E-state index contributed by atoms with van der Waals surface area (Å²) in [6.45, 7) is 1.86. The largest absolute Gasteiger partial charge is 0.493 e. The number of rotatable bonds is 1. The molecule has 21 heavy (non-hydrogen) atoms. The lowest BCUT2D eigenvalue weighted by molar-refractivity contribution is 0.103. The SMILES string of the molecule is COc1cc(C)cc2c1OC(=C=O)c1ccccc1C2=O. The van der Waals surface area contributed by atoms with Crippen molar-refractivity contribution in [3.63, 3.8) is 0 Å². The summed E-state index contributed by atoms with van der Waals surface area (Å²) in [4.78, 5) is 24.0. The van der Waals surface area contributed by atoms with Gasteiger partial charge in [0.25, 0.3) is 0 Å². The van der Waals surface area contributed by atoms with Crippen molar-refractivity contribution in [2.24, 2.45) is 0 Å². The molecule has 4 nitrogen and oxygen atoms in total. The lowest BCUT2D eigenvalue weighted by Crippen LogP contribution is -2.03. The molecule has 0 bridgehead atoms. The minimum absolute atomic E-state index is 0.0140. The van der Waals surface area contributed by atoms with E-state index in [2.05, 4.69) is 0 Å². The molecular formula is C17H12O4. The van der Waals surface area contributed by atoms with Crippen LogP contribution in [-0.4, -0.2) is 18.8 Å². The summed E-state index contributed by atoms with van der Waals surface area (Å²) in [5, 5.41) is 0. The van der Waals surface area contributed by atoms with Gasteiger partial charge in [-0.1, -0.05) is 18.2 Å². The van der Waals surface area contributed by atoms with Crippen LogP contribution in [0.3, 0.4) is 0 Å². The van der Waals surface area contributed by atoms with Crippen LogP contribution in [0.2, 0.25) is 0 Å². The molecule has 1 heterocycles. The molecule has 0 saturated heterocycles. The number of benzene rings is 2. The number of methoxy groups -OCH3 is 1. The van der Waals surface area contributed by atoms with Crippen LogP contribution in [0, 0.1) is 6.92 Å². The Morgan fingerprint density at radius 1 is 1.10 bits per heavy atom. The molecule has 0 aliphatic carbocycles. The van der Waals surface area contributed by atoms with Crippen LogP contribution in [0.1, 0.15) is 27.0 Å². The molecule has 0 N–H and O–H groups in total. The summed E-state index contributed by atoms with van der Waals surface area (Å²) in [6.07, 6.45) is 0. The molecule has 0 unspecified atom stereocenters. The average Bonchev–Trinajstić information content (AvgIpc) is 2.63. The van der Waals surface area contributed by atoms with Crippen LogP contribution < -0.4 is 9.47 Å². The maximum absolute atomic E-state index is 12.7. The van der Waals surface area contributed by atoms with E-state index in [4.69, 9.17) is 9.47 Å². The van der Waals surface area contributed by atoms with Crippen molar-refractivity contribution in [2.45, 2.75) is 6.92 Å². The van der Waals surface area contributed by atoms with Crippen LogP contribution in [0.25, 0.3) is 5.76 Å². The van der Waals surface area contributed by atoms with Gasteiger partial charge in [0.05, 0.1) is 12.7 Å². The minimum atomic E-state index is -0.201. The van der Waals surface area contributed by atoms with E-state index < -0.39 is 0 Å². The van der Waals surface area contributed by atoms with Crippen molar-refractivity contribution in [3.8, 4) is 11.5 Å². The maximum atomic E-state index is 12.7. The number of hydrogen-bond acceptors (Lipinski definition) is 4. The molecule has 2 aromatic rings. The van der Waals surface area contributed by atoms with E-state index in [0.29, 0.717) is 22.4 Å². The number of fused-ring (bicyclic) bond motifs is 2. The van der Waals surface area contributed by atoms with Crippen molar-refractivity contribution < 1.29 is 19.1 Å². The normalized spacial score (nSPS) is 12.7. The molecule has 0 aromatic heterocycles. The summed E-state index contributed by atoms with van der Waals surface area (Å²) in [5.74, 6) is 2.22. The fourth-order valence-electron chi connectivity index (χ4n) is 2.42. The molecule has 2 aromatic carbocycles. The van der Waals surface area contributed by atoms with Crippen molar-refractivity contribution in [2.75, 3.05) is 7.11 Å². The number of carbonyl (C=O) groups is 1.